The number of hydrogen-bond donors (Lipinski definition) is 2. The fourth-order valence-corrected chi connectivity index (χ4v) is 2.21. The first-order valence-corrected chi connectivity index (χ1v) is 8.46. The van der Waals surface area contributed by atoms with E-state index in [1.807, 2.05) is 0 Å². The topological polar surface area (TPSA) is 150 Å². The van der Waals surface area contributed by atoms with Crippen molar-refractivity contribution in [3.63, 3.8) is 0 Å². The van der Waals surface area contributed by atoms with Gasteiger partial charge >= 0.3 is 5.97 Å². The second kappa shape index (κ2) is 10.4. The van der Waals surface area contributed by atoms with Crippen LogP contribution >= 0.6 is 0 Å². The Labute approximate surface area is 165 Å². The van der Waals surface area contributed by atoms with Gasteiger partial charge in [-0.15, -0.1) is 0 Å². The average molecular weight is 405 g/mol. The molecular formula is C18H19N3O8. The van der Waals surface area contributed by atoms with Crippen molar-refractivity contribution in [2.45, 2.75) is 19.4 Å². The molecule has 2 rings (SSSR count). The third-order valence-electron chi connectivity index (χ3n) is 3.63. The van der Waals surface area contributed by atoms with Gasteiger partial charge in [0.25, 0.3) is 11.6 Å². The lowest BCUT2D eigenvalue weighted by Crippen LogP contribution is -2.25. The summed E-state index contributed by atoms with van der Waals surface area (Å²) in [5.41, 5.74) is -0.425. The molecule has 1 heterocycles. The summed E-state index contributed by atoms with van der Waals surface area (Å²) in [7, 11) is 1.37. The number of methoxy groups -OCH3 is 1. The largest absolute Gasteiger partial charge is 0.497 e. The highest BCUT2D eigenvalue weighted by molar-refractivity contribution is 5.95. The van der Waals surface area contributed by atoms with E-state index >= 15 is 0 Å². The summed E-state index contributed by atoms with van der Waals surface area (Å²) in [6.07, 6.45) is 1.13. The van der Waals surface area contributed by atoms with E-state index in [1.54, 1.807) is 12.1 Å². The number of nitrogens with zero attached hydrogens (tertiary/aromatic N) is 1. The lowest BCUT2D eigenvalue weighted by Gasteiger charge is -2.08. The molecule has 0 radical (unpaired) electrons. The van der Waals surface area contributed by atoms with Gasteiger partial charge in [0.05, 0.1) is 31.3 Å². The molecule has 0 fully saturated rings. The van der Waals surface area contributed by atoms with Crippen molar-refractivity contribution in [3.05, 3.63) is 52.5 Å². The predicted molar refractivity (Wildman–Crippen MR) is 99.0 cm³/mol. The lowest BCUT2D eigenvalue weighted by atomic mass is 10.2. The van der Waals surface area contributed by atoms with Gasteiger partial charge in [-0.1, -0.05) is 0 Å². The summed E-state index contributed by atoms with van der Waals surface area (Å²) in [4.78, 5) is 45.6. The van der Waals surface area contributed by atoms with Gasteiger partial charge in [0.15, 0.2) is 6.61 Å². The van der Waals surface area contributed by atoms with Crippen LogP contribution in [-0.2, 0) is 25.7 Å². The number of ether oxygens (including phenoxy) is 2. The first-order valence-electron chi connectivity index (χ1n) is 8.46. The standard InChI is InChI=1S/C18H19N3O8/c1-27-12-4-5-15(21(25)26)14(9-12)20-17(23)11-29-18(24)7-6-16(22)19-10-13-3-2-8-28-13/h2-5,8-9H,6-7,10-11H2,1H3,(H,19,22)(H,20,23). The Morgan fingerprint density at radius 1 is 1.17 bits per heavy atom. The lowest BCUT2D eigenvalue weighted by molar-refractivity contribution is -0.383. The minimum Gasteiger partial charge on any atom is -0.497 e. The summed E-state index contributed by atoms with van der Waals surface area (Å²) in [5.74, 6) is -1.02. The number of esters is 1. The van der Waals surface area contributed by atoms with Gasteiger partial charge in [-0.3, -0.25) is 24.5 Å². The molecule has 2 aromatic rings. The van der Waals surface area contributed by atoms with Crippen LogP contribution in [0.1, 0.15) is 18.6 Å². The quantitative estimate of drug-likeness (QED) is 0.345. The first-order chi connectivity index (χ1) is 13.9. The highest BCUT2D eigenvalue weighted by atomic mass is 16.6. The van der Waals surface area contributed by atoms with Crippen molar-refractivity contribution < 1.29 is 33.2 Å². The molecule has 0 saturated carbocycles. The molecular weight excluding hydrogens is 386 g/mol. The average Bonchev–Trinajstić information content (AvgIpc) is 3.22. The Morgan fingerprint density at radius 2 is 1.97 bits per heavy atom. The Morgan fingerprint density at radius 3 is 2.62 bits per heavy atom. The van der Waals surface area contributed by atoms with Crippen LogP contribution < -0.4 is 15.4 Å². The van der Waals surface area contributed by atoms with E-state index < -0.39 is 23.4 Å². The molecule has 0 saturated heterocycles. The molecule has 154 valence electrons. The van der Waals surface area contributed by atoms with Gasteiger partial charge in [-0.05, 0) is 18.2 Å². The molecule has 0 atom stereocenters. The van der Waals surface area contributed by atoms with Gasteiger partial charge in [-0.2, -0.15) is 0 Å². The molecule has 2 amide bonds. The van der Waals surface area contributed by atoms with E-state index in [2.05, 4.69) is 10.6 Å². The number of carbonyl (C=O) groups is 3. The summed E-state index contributed by atoms with van der Waals surface area (Å²) < 4.78 is 14.8. The van der Waals surface area contributed by atoms with Crippen LogP contribution in [0.4, 0.5) is 11.4 Å². The van der Waals surface area contributed by atoms with E-state index in [0.29, 0.717) is 11.5 Å². The number of benzene rings is 1. The van der Waals surface area contributed by atoms with Crippen molar-refractivity contribution in [2.75, 3.05) is 19.0 Å². The second-order valence-corrected chi connectivity index (χ2v) is 5.71. The Hall–Kier alpha value is -3.89. The Balaban J connectivity index is 1.75. The van der Waals surface area contributed by atoms with E-state index in [9.17, 15) is 24.5 Å². The zero-order valence-electron chi connectivity index (χ0n) is 15.5. The molecule has 0 aliphatic heterocycles. The molecule has 0 spiro atoms. The number of nitro groups is 1. The first kappa shape index (κ1) is 21.4. The highest BCUT2D eigenvalue weighted by Gasteiger charge is 2.18. The maximum atomic E-state index is 11.9. The van der Waals surface area contributed by atoms with Gasteiger partial charge in [0.1, 0.15) is 17.2 Å². The molecule has 0 aliphatic carbocycles. The van der Waals surface area contributed by atoms with Crippen molar-refractivity contribution in [1.29, 1.82) is 0 Å². The summed E-state index contributed by atoms with van der Waals surface area (Å²) >= 11 is 0. The zero-order chi connectivity index (χ0) is 21.2. The van der Waals surface area contributed by atoms with Crippen LogP contribution in [0, 0.1) is 10.1 Å². The third kappa shape index (κ3) is 6.97. The minimum atomic E-state index is -0.767. The molecule has 0 bridgehead atoms. The van der Waals surface area contributed by atoms with E-state index in [4.69, 9.17) is 13.9 Å². The maximum absolute atomic E-state index is 11.9. The fraction of sp³-hybridized carbons (Fsp3) is 0.278. The van der Waals surface area contributed by atoms with Crippen molar-refractivity contribution in [2.24, 2.45) is 0 Å². The Kier molecular flexibility index (Phi) is 7.71. The number of nitrogens with one attached hydrogen (secondary N) is 2. The monoisotopic (exact) mass is 405 g/mol. The van der Waals surface area contributed by atoms with Crippen molar-refractivity contribution in [3.8, 4) is 5.75 Å². The minimum absolute atomic E-state index is 0.0901. The molecule has 0 aliphatic rings. The number of nitro benzene ring substituents is 1. The maximum Gasteiger partial charge on any atom is 0.306 e. The second-order valence-electron chi connectivity index (χ2n) is 5.71. The number of rotatable bonds is 10. The molecule has 0 unspecified atom stereocenters. The zero-order valence-corrected chi connectivity index (χ0v) is 15.5. The fourth-order valence-electron chi connectivity index (χ4n) is 2.21. The predicted octanol–water partition coefficient (Wildman–Crippen LogP) is 1.77. The molecule has 1 aromatic heterocycles. The van der Waals surface area contributed by atoms with Gasteiger partial charge < -0.3 is 24.5 Å². The molecule has 2 N–H and O–H groups in total. The molecule has 11 heteroatoms. The van der Waals surface area contributed by atoms with Gasteiger partial charge in [0.2, 0.25) is 5.91 Å². The molecule has 11 nitrogen and oxygen atoms in total. The number of amides is 2. The van der Waals surface area contributed by atoms with Crippen molar-refractivity contribution in [1.82, 2.24) is 5.32 Å². The van der Waals surface area contributed by atoms with Crippen molar-refractivity contribution >= 4 is 29.2 Å². The van der Waals surface area contributed by atoms with Gasteiger partial charge in [0, 0.05) is 18.6 Å². The molecule has 29 heavy (non-hydrogen) atoms. The normalized spacial score (nSPS) is 10.1. The third-order valence-corrected chi connectivity index (χ3v) is 3.63. The number of hydrogen-bond acceptors (Lipinski definition) is 8. The number of furan rings is 1. The summed E-state index contributed by atoms with van der Waals surface area (Å²) in [5, 5.41) is 15.9. The summed E-state index contributed by atoms with van der Waals surface area (Å²) in [6, 6.07) is 7.22. The van der Waals surface area contributed by atoms with Crippen LogP contribution in [0.5, 0.6) is 5.75 Å². The van der Waals surface area contributed by atoms with Crippen LogP contribution in [0.2, 0.25) is 0 Å². The van der Waals surface area contributed by atoms with E-state index in [1.165, 1.54) is 31.6 Å². The number of carbonyl (C=O) groups excluding carboxylic acids is 3. The Bertz CT molecular complexity index is 879. The van der Waals surface area contributed by atoms with Crippen LogP contribution in [0.25, 0.3) is 0 Å². The highest BCUT2D eigenvalue weighted by Crippen LogP contribution is 2.28. The van der Waals surface area contributed by atoms with E-state index in [-0.39, 0.29) is 36.7 Å². The van der Waals surface area contributed by atoms with Crippen LogP contribution in [0.3, 0.4) is 0 Å². The SMILES string of the molecule is COc1ccc([N+](=O)[O-])c(NC(=O)COC(=O)CCC(=O)NCc2ccco2)c1. The smallest absolute Gasteiger partial charge is 0.306 e. The molecule has 1 aromatic carbocycles. The van der Waals surface area contributed by atoms with Gasteiger partial charge in [-0.25, -0.2) is 0 Å². The van der Waals surface area contributed by atoms with Crippen LogP contribution in [-0.4, -0.2) is 36.4 Å². The summed E-state index contributed by atoms with van der Waals surface area (Å²) in [6.45, 7) is -0.455. The van der Waals surface area contributed by atoms with E-state index in [0.717, 1.165) is 0 Å². The number of anilines is 1. The van der Waals surface area contributed by atoms with Crippen LogP contribution in [0.15, 0.2) is 41.0 Å².